The predicted molar refractivity (Wildman–Crippen MR) is 249 cm³/mol. The van der Waals surface area contributed by atoms with E-state index in [2.05, 4.69) is 98.1 Å². The number of aldehydes is 1. The SMILES string of the molecule is CCOC.COC=Cc1cc(Cl)ccc1-c1cc2ccnc(-c3cc(C)cc(C)c3)c2s1.Cc1cc(C)cc(-c2nccc3cc(-c4ccc(Cl)cc4C=O)sc23)c1.[Cl-]. The molecule has 0 atom stereocenters. The zero-order valence-corrected chi connectivity index (χ0v) is 37.8. The van der Waals surface area contributed by atoms with Gasteiger partial charge in [0.2, 0.25) is 0 Å². The third-order valence-corrected chi connectivity index (χ3v) is 12.1. The van der Waals surface area contributed by atoms with Crippen LogP contribution in [0.1, 0.15) is 45.1 Å². The van der Waals surface area contributed by atoms with Gasteiger partial charge in [-0.2, -0.15) is 0 Å². The Morgan fingerprint density at radius 3 is 1.44 bits per heavy atom. The highest BCUT2D eigenvalue weighted by atomic mass is 35.5. The highest BCUT2D eigenvalue weighted by molar-refractivity contribution is 7.23. The number of nitrogens with zero attached hydrogens (tertiary/aromatic N) is 2. The molecule has 0 N–H and O–H groups in total. The molecule has 59 heavy (non-hydrogen) atoms. The number of fused-ring (bicyclic) bond motifs is 2. The molecular formula is C49H44Cl3N2O3S2-. The number of halogens is 3. The number of benzene rings is 4. The Labute approximate surface area is 370 Å². The van der Waals surface area contributed by atoms with Crippen LogP contribution in [0.15, 0.2) is 116 Å². The van der Waals surface area contributed by atoms with Gasteiger partial charge in [-0.3, -0.25) is 14.8 Å². The molecule has 8 aromatic rings. The maximum Gasteiger partial charge on any atom is 0.150 e. The van der Waals surface area contributed by atoms with Gasteiger partial charge in [0.25, 0.3) is 0 Å². The number of aromatic nitrogens is 2. The molecule has 0 radical (unpaired) electrons. The standard InChI is InChI=1S/C24H20ClNOS.C22H16ClNOS.C3H8O.ClH/c1-15-10-16(2)12-19(11-15)23-24-18(6-8-26-23)14-22(28-24)21-5-4-20(25)13-17(21)7-9-27-3;1-13-7-14(2)9-16(8-13)21-22-15(5-6-24-21)11-20(26-22)19-4-3-18(23)10-17(19)12-25;1-3-4-2;/h4-14H,1-3H3;3-12H,1-2H3;3H2,1-2H3;1H/p-1. The van der Waals surface area contributed by atoms with Crippen molar-refractivity contribution in [2.24, 2.45) is 0 Å². The van der Waals surface area contributed by atoms with Gasteiger partial charge in [0, 0.05) is 68.2 Å². The molecular weight excluding hydrogens is 835 g/mol. The smallest absolute Gasteiger partial charge is 0.150 e. The Morgan fingerprint density at radius 2 is 1.03 bits per heavy atom. The molecule has 0 saturated carbocycles. The van der Waals surface area contributed by atoms with Crippen molar-refractivity contribution < 1.29 is 26.7 Å². The van der Waals surface area contributed by atoms with E-state index < -0.39 is 0 Å². The van der Waals surface area contributed by atoms with Gasteiger partial charge >= 0.3 is 0 Å². The number of methoxy groups -OCH3 is 2. The van der Waals surface area contributed by atoms with Crippen LogP contribution in [0.4, 0.5) is 0 Å². The van der Waals surface area contributed by atoms with E-state index in [4.69, 9.17) is 32.9 Å². The molecule has 0 saturated heterocycles. The van der Waals surface area contributed by atoms with Crippen molar-refractivity contribution in [3.8, 4) is 43.4 Å². The van der Waals surface area contributed by atoms with Gasteiger partial charge in [-0.25, -0.2) is 0 Å². The Bertz CT molecular complexity index is 2710. The molecule has 5 nitrogen and oxygen atoms in total. The van der Waals surface area contributed by atoms with E-state index in [0.29, 0.717) is 15.6 Å². The molecule has 0 bridgehead atoms. The average molecular weight is 879 g/mol. The highest BCUT2D eigenvalue weighted by Crippen LogP contribution is 2.42. The molecule has 10 heteroatoms. The Hall–Kier alpha value is -4.86. The molecule has 0 aliphatic carbocycles. The van der Waals surface area contributed by atoms with Crippen LogP contribution in [-0.2, 0) is 9.47 Å². The second kappa shape index (κ2) is 20.9. The molecule has 0 aliphatic heterocycles. The van der Waals surface area contributed by atoms with Crippen molar-refractivity contribution in [3.63, 3.8) is 0 Å². The maximum atomic E-state index is 11.5. The number of ether oxygens (including phenoxy) is 2. The van der Waals surface area contributed by atoms with Crippen LogP contribution in [0.3, 0.4) is 0 Å². The minimum absolute atomic E-state index is 0. The molecule has 4 aromatic carbocycles. The molecule has 302 valence electrons. The van der Waals surface area contributed by atoms with Crippen LogP contribution in [0.25, 0.3) is 69.6 Å². The lowest BCUT2D eigenvalue weighted by Crippen LogP contribution is -3.00. The number of hydrogen-bond donors (Lipinski definition) is 0. The molecule has 8 rings (SSSR count). The number of pyridine rings is 2. The van der Waals surface area contributed by atoms with Crippen LogP contribution in [0.2, 0.25) is 10.0 Å². The van der Waals surface area contributed by atoms with Gasteiger partial charge < -0.3 is 21.9 Å². The van der Waals surface area contributed by atoms with E-state index in [1.165, 1.54) is 37.2 Å². The van der Waals surface area contributed by atoms with Crippen molar-refractivity contribution in [3.05, 3.63) is 159 Å². The van der Waals surface area contributed by atoms with Gasteiger partial charge in [0.1, 0.15) is 0 Å². The second-order valence-corrected chi connectivity index (χ2v) is 16.8. The Balaban J connectivity index is 0.000000203. The number of carbonyl (C=O) groups is 1. The highest BCUT2D eigenvalue weighted by Gasteiger charge is 2.15. The number of thiophene rings is 2. The first kappa shape index (κ1) is 45.2. The van der Waals surface area contributed by atoms with Crippen molar-refractivity contribution in [2.45, 2.75) is 34.6 Å². The van der Waals surface area contributed by atoms with Crippen LogP contribution in [0.5, 0.6) is 0 Å². The fraction of sp³-hybridized carbons (Fsp3) is 0.163. The maximum absolute atomic E-state index is 11.5. The lowest BCUT2D eigenvalue weighted by atomic mass is 10.0. The van der Waals surface area contributed by atoms with E-state index in [1.807, 2.05) is 55.7 Å². The summed E-state index contributed by atoms with van der Waals surface area (Å²) < 4.78 is 12.0. The summed E-state index contributed by atoms with van der Waals surface area (Å²) in [5, 5.41) is 3.59. The zero-order valence-electron chi connectivity index (χ0n) is 33.9. The van der Waals surface area contributed by atoms with Crippen molar-refractivity contribution in [1.82, 2.24) is 9.97 Å². The first-order valence-electron chi connectivity index (χ1n) is 18.7. The monoisotopic (exact) mass is 877 g/mol. The first-order valence-corrected chi connectivity index (χ1v) is 21.1. The number of carbonyl (C=O) groups excluding carboxylic acids is 1. The number of aryl methyl sites for hydroxylation is 4. The van der Waals surface area contributed by atoms with Gasteiger partial charge in [-0.15, -0.1) is 22.7 Å². The summed E-state index contributed by atoms with van der Waals surface area (Å²) in [6.07, 6.45) is 8.20. The third-order valence-electron chi connectivity index (χ3n) is 9.21. The minimum Gasteiger partial charge on any atom is -1.00 e. The summed E-state index contributed by atoms with van der Waals surface area (Å²) in [5.74, 6) is 0. The summed E-state index contributed by atoms with van der Waals surface area (Å²) in [6.45, 7) is 11.2. The second-order valence-electron chi connectivity index (χ2n) is 13.8. The topological polar surface area (TPSA) is 61.3 Å². The van der Waals surface area contributed by atoms with E-state index in [1.54, 1.807) is 49.2 Å². The molecule has 4 heterocycles. The van der Waals surface area contributed by atoms with Crippen LogP contribution >= 0.6 is 45.9 Å². The molecule has 0 fully saturated rings. The third kappa shape index (κ3) is 11.1. The van der Waals surface area contributed by atoms with Gasteiger partial charge in [0.05, 0.1) is 34.2 Å². The summed E-state index contributed by atoms with van der Waals surface area (Å²) in [6, 6.07) is 32.9. The fourth-order valence-corrected chi connectivity index (χ4v) is 9.51. The zero-order chi connectivity index (χ0) is 41.3. The minimum atomic E-state index is 0. The summed E-state index contributed by atoms with van der Waals surface area (Å²) in [7, 11) is 3.32. The number of hydrogen-bond acceptors (Lipinski definition) is 7. The molecule has 0 unspecified atom stereocenters. The van der Waals surface area contributed by atoms with Crippen molar-refractivity contribution in [2.75, 3.05) is 20.8 Å². The normalized spacial score (nSPS) is 10.8. The average Bonchev–Trinajstić information content (AvgIpc) is 3.84. The summed E-state index contributed by atoms with van der Waals surface area (Å²) in [4.78, 5) is 23.0. The van der Waals surface area contributed by atoms with E-state index >= 15 is 0 Å². The lowest BCUT2D eigenvalue weighted by Gasteiger charge is -2.06. The Morgan fingerprint density at radius 1 is 0.610 bits per heavy atom. The first-order chi connectivity index (χ1) is 28.0. The predicted octanol–water partition coefficient (Wildman–Crippen LogP) is 11.9. The van der Waals surface area contributed by atoms with E-state index in [-0.39, 0.29) is 12.4 Å². The van der Waals surface area contributed by atoms with Gasteiger partial charge in [-0.05, 0) is 135 Å². The molecule has 0 amide bonds. The fourth-order valence-electron chi connectivity index (χ4n) is 6.72. The van der Waals surface area contributed by atoms with Crippen molar-refractivity contribution in [1.29, 1.82) is 0 Å². The number of rotatable bonds is 8. The molecule has 0 spiro atoms. The van der Waals surface area contributed by atoms with Crippen molar-refractivity contribution >= 4 is 78.4 Å². The van der Waals surface area contributed by atoms with E-state index in [9.17, 15) is 4.79 Å². The Kier molecular flexibility index (Phi) is 16.0. The lowest BCUT2D eigenvalue weighted by molar-refractivity contribution is -0.0000184. The van der Waals surface area contributed by atoms with Gasteiger partial charge in [-0.1, -0.05) is 69.7 Å². The molecule has 4 aromatic heterocycles. The quantitative estimate of drug-likeness (QED) is 0.112. The van der Waals surface area contributed by atoms with E-state index in [0.717, 1.165) is 67.1 Å². The van der Waals surface area contributed by atoms with Crippen LogP contribution in [0, 0.1) is 27.7 Å². The molecule has 0 aliphatic rings. The summed E-state index contributed by atoms with van der Waals surface area (Å²) in [5.41, 5.74) is 12.9. The van der Waals surface area contributed by atoms with Gasteiger partial charge in [0.15, 0.2) is 6.29 Å². The van der Waals surface area contributed by atoms with Crippen LogP contribution in [-0.4, -0.2) is 37.1 Å². The largest absolute Gasteiger partial charge is 1.00 e. The van der Waals surface area contributed by atoms with Crippen LogP contribution < -0.4 is 12.4 Å². The summed E-state index contributed by atoms with van der Waals surface area (Å²) >= 11 is 15.7.